The minimum absolute atomic E-state index is 0.131. The molecule has 0 nitrogen and oxygen atoms in total. The fraction of sp³-hybridized carbons (Fsp3) is 0.200. The Balaban J connectivity index is 1.38. The van der Waals surface area contributed by atoms with E-state index in [1.807, 2.05) is 12.1 Å². The number of fused-ring (bicyclic) bond motifs is 13. The van der Waals surface area contributed by atoms with Crippen LogP contribution < -0.4 is 0 Å². The van der Waals surface area contributed by atoms with Crippen LogP contribution in [0.25, 0.3) is 54.2 Å². The first-order valence-corrected chi connectivity index (χ1v) is 20.3. The summed E-state index contributed by atoms with van der Waals surface area (Å²) in [5, 5.41) is 10.7. The standard InChI is InChI=1S/C55H46/c1-3-5-17-35-55(36-18-6-4-2)53-47-33-31-41(29-27-39-19-9-7-10-20-39)37-49(47)43-23-13-15-25-45(43)51(53)52-46-26-16-14-24-44(46)50-38-42(32-34-48(50)54(52)55)30-28-40-21-11-8-12-22-40/h7-16,19-26,31-34,37-38H,3-6,17-18,35-36H2,1-2H3. The number of hydrogen-bond donors (Lipinski definition) is 0. The van der Waals surface area contributed by atoms with Gasteiger partial charge in [0.15, 0.2) is 0 Å². The lowest BCUT2D eigenvalue weighted by Crippen LogP contribution is -2.26. The summed E-state index contributed by atoms with van der Waals surface area (Å²) in [6, 6.07) is 53.1. The Labute approximate surface area is 326 Å². The SMILES string of the molecule is CCCCCC1(CCCCC)c2c(c3ccccc3c3cc(C#Cc4ccccc4)ccc23)-c2c1c1ccc(C#Cc3ccccc3)cc1c1ccccc21. The summed E-state index contributed by atoms with van der Waals surface area (Å²) in [5.74, 6) is 13.9. The van der Waals surface area contributed by atoms with Gasteiger partial charge < -0.3 is 0 Å². The minimum Gasteiger partial charge on any atom is -0.0654 e. The second-order valence-corrected chi connectivity index (χ2v) is 15.3. The molecule has 0 radical (unpaired) electrons. The van der Waals surface area contributed by atoms with E-state index in [1.54, 1.807) is 0 Å². The zero-order chi connectivity index (χ0) is 37.2. The minimum atomic E-state index is -0.131. The monoisotopic (exact) mass is 706 g/mol. The number of benzene rings is 8. The van der Waals surface area contributed by atoms with Crippen LogP contribution in [0.3, 0.4) is 0 Å². The molecule has 0 bridgehead atoms. The first-order chi connectivity index (χ1) is 27.2. The molecule has 8 aromatic rings. The van der Waals surface area contributed by atoms with Crippen molar-refractivity contribution in [1.82, 2.24) is 0 Å². The average Bonchev–Trinajstić information content (AvgIpc) is 3.54. The van der Waals surface area contributed by atoms with E-state index in [0.717, 1.165) is 35.1 Å². The maximum Gasteiger partial charge on any atom is 0.0255 e. The molecular formula is C55H46. The highest BCUT2D eigenvalue weighted by Crippen LogP contribution is 2.62. The van der Waals surface area contributed by atoms with Crippen molar-refractivity contribution in [3.63, 3.8) is 0 Å². The van der Waals surface area contributed by atoms with Crippen LogP contribution in [-0.4, -0.2) is 0 Å². The molecule has 0 aliphatic heterocycles. The van der Waals surface area contributed by atoms with E-state index in [9.17, 15) is 0 Å². The zero-order valence-corrected chi connectivity index (χ0v) is 32.0. The van der Waals surface area contributed by atoms with Gasteiger partial charge in [0.25, 0.3) is 0 Å². The predicted octanol–water partition coefficient (Wildman–Crippen LogP) is 14.5. The molecule has 55 heavy (non-hydrogen) atoms. The Kier molecular flexibility index (Phi) is 9.44. The molecule has 0 spiro atoms. The fourth-order valence-corrected chi connectivity index (χ4v) is 9.49. The van der Waals surface area contributed by atoms with Gasteiger partial charge in [-0.15, -0.1) is 0 Å². The molecule has 8 aromatic carbocycles. The summed E-state index contributed by atoms with van der Waals surface area (Å²) in [6.07, 6.45) is 9.54. The Morgan fingerprint density at radius 1 is 0.345 bits per heavy atom. The highest BCUT2D eigenvalue weighted by atomic mass is 14.5. The fourth-order valence-electron chi connectivity index (χ4n) is 9.49. The number of rotatable bonds is 8. The first-order valence-electron chi connectivity index (χ1n) is 20.3. The van der Waals surface area contributed by atoms with Crippen LogP contribution in [0.4, 0.5) is 0 Å². The molecule has 0 saturated carbocycles. The molecule has 0 amide bonds. The van der Waals surface area contributed by atoms with Crippen molar-refractivity contribution in [2.45, 2.75) is 70.6 Å². The maximum atomic E-state index is 3.52. The number of hydrogen-bond acceptors (Lipinski definition) is 0. The van der Waals surface area contributed by atoms with Crippen LogP contribution in [0.5, 0.6) is 0 Å². The Morgan fingerprint density at radius 2 is 0.727 bits per heavy atom. The van der Waals surface area contributed by atoms with Crippen molar-refractivity contribution in [1.29, 1.82) is 0 Å². The zero-order valence-electron chi connectivity index (χ0n) is 32.0. The van der Waals surface area contributed by atoms with Crippen molar-refractivity contribution in [3.05, 3.63) is 179 Å². The Hall–Kier alpha value is -6.08. The molecule has 266 valence electrons. The van der Waals surface area contributed by atoms with Crippen LogP contribution in [0.1, 0.15) is 98.6 Å². The second kappa shape index (κ2) is 15.0. The van der Waals surface area contributed by atoms with E-state index >= 15 is 0 Å². The van der Waals surface area contributed by atoms with Crippen molar-refractivity contribution in [2.24, 2.45) is 0 Å². The van der Waals surface area contributed by atoms with Gasteiger partial charge in [-0.05, 0) is 127 Å². The number of unbranched alkanes of at least 4 members (excludes halogenated alkanes) is 4. The van der Waals surface area contributed by atoms with Gasteiger partial charge in [-0.2, -0.15) is 0 Å². The average molecular weight is 707 g/mol. The van der Waals surface area contributed by atoms with Gasteiger partial charge in [0, 0.05) is 27.7 Å². The third kappa shape index (κ3) is 6.18. The van der Waals surface area contributed by atoms with Gasteiger partial charge >= 0.3 is 0 Å². The van der Waals surface area contributed by atoms with E-state index < -0.39 is 0 Å². The molecule has 1 aliphatic carbocycles. The lowest BCUT2D eigenvalue weighted by molar-refractivity contribution is 0.410. The van der Waals surface area contributed by atoms with Crippen LogP contribution >= 0.6 is 0 Å². The molecule has 0 heteroatoms. The predicted molar refractivity (Wildman–Crippen MR) is 236 cm³/mol. The molecule has 9 rings (SSSR count). The van der Waals surface area contributed by atoms with E-state index in [0.29, 0.717) is 0 Å². The van der Waals surface area contributed by atoms with Gasteiger partial charge in [-0.3, -0.25) is 0 Å². The van der Waals surface area contributed by atoms with Gasteiger partial charge in [-0.25, -0.2) is 0 Å². The molecular weight excluding hydrogens is 661 g/mol. The first kappa shape index (κ1) is 34.7. The highest BCUT2D eigenvalue weighted by molar-refractivity contribution is 6.26. The van der Waals surface area contributed by atoms with Crippen LogP contribution in [0.2, 0.25) is 0 Å². The van der Waals surface area contributed by atoms with Crippen molar-refractivity contribution in [3.8, 4) is 34.8 Å². The largest absolute Gasteiger partial charge is 0.0654 e. The summed E-state index contributed by atoms with van der Waals surface area (Å²) in [5.41, 5.74) is 10.0. The third-order valence-electron chi connectivity index (χ3n) is 11.9. The van der Waals surface area contributed by atoms with Crippen molar-refractivity contribution < 1.29 is 0 Å². The maximum absolute atomic E-state index is 3.52. The summed E-state index contributed by atoms with van der Waals surface area (Å²) in [6.45, 7) is 4.67. The summed E-state index contributed by atoms with van der Waals surface area (Å²) < 4.78 is 0. The van der Waals surface area contributed by atoms with Crippen LogP contribution in [0, 0.1) is 23.7 Å². The molecule has 0 heterocycles. The molecule has 1 aliphatic rings. The molecule has 0 N–H and O–H groups in total. The molecule has 0 saturated heterocycles. The molecule has 0 aromatic heterocycles. The summed E-state index contributed by atoms with van der Waals surface area (Å²) >= 11 is 0. The normalized spacial score (nSPS) is 12.6. The molecule has 0 fully saturated rings. The third-order valence-corrected chi connectivity index (χ3v) is 11.9. The van der Waals surface area contributed by atoms with Crippen LogP contribution in [-0.2, 0) is 5.41 Å². The quantitative estimate of drug-likeness (QED) is 0.0838. The van der Waals surface area contributed by atoms with E-state index in [-0.39, 0.29) is 5.41 Å². The van der Waals surface area contributed by atoms with E-state index in [2.05, 4.69) is 171 Å². The molecule has 0 atom stereocenters. The Bertz CT molecular complexity index is 2630. The topological polar surface area (TPSA) is 0 Å². The van der Waals surface area contributed by atoms with E-state index in [1.165, 1.54) is 104 Å². The van der Waals surface area contributed by atoms with Crippen LogP contribution in [0.15, 0.2) is 146 Å². The lowest BCUT2D eigenvalue weighted by atomic mass is 9.68. The van der Waals surface area contributed by atoms with Gasteiger partial charge in [-0.1, -0.05) is 173 Å². The Morgan fingerprint density at radius 3 is 1.15 bits per heavy atom. The lowest BCUT2D eigenvalue weighted by Gasteiger charge is -2.35. The van der Waals surface area contributed by atoms with Crippen molar-refractivity contribution in [2.75, 3.05) is 0 Å². The van der Waals surface area contributed by atoms with Crippen molar-refractivity contribution >= 4 is 43.1 Å². The highest BCUT2D eigenvalue weighted by Gasteiger charge is 2.46. The summed E-state index contributed by atoms with van der Waals surface area (Å²) in [7, 11) is 0. The smallest absolute Gasteiger partial charge is 0.0255 e. The van der Waals surface area contributed by atoms with E-state index in [4.69, 9.17) is 0 Å². The van der Waals surface area contributed by atoms with Gasteiger partial charge in [0.05, 0.1) is 0 Å². The molecule has 0 unspecified atom stereocenters. The summed E-state index contributed by atoms with van der Waals surface area (Å²) in [4.78, 5) is 0. The second-order valence-electron chi connectivity index (χ2n) is 15.3. The van der Waals surface area contributed by atoms with Gasteiger partial charge in [0.1, 0.15) is 0 Å². The van der Waals surface area contributed by atoms with Gasteiger partial charge in [0.2, 0.25) is 0 Å².